The van der Waals surface area contributed by atoms with E-state index in [1.807, 2.05) is 45.0 Å². The first-order chi connectivity index (χ1) is 13.8. The molecule has 1 heterocycles. The Balaban J connectivity index is 2.10. The molecule has 0 aliphatic rings. The average molecular weight is 400 g/mol. The van der Waals surface area contributed by atoms with Gasteiger partial charge in [0.25, 0.3) is 0 Å². The Morgan fingerprint density at radius 1 is 1.14 bits per heavy atom. The highest BCUT2D eigenvalue weighted by Gasteiger charge is 2.21. The molecule has 0 unspecified atom stereocenters. The SMILES string of the molecule is CCOC(=O)c1c(COC(=O)CNC(=O)CCC(C)C)nc2ccccc2c1C. The highest BCUT2D eigenvalue weighted by atomic mass is 16.5. The van der Waals surface area contributed by atoms with Gasteiger partial charge < -0.3 is 14.8 Å². The number of ether oxygens (including phenoxy) is 2. The summed E-state index contributed by atoms with van der Waals surface area (Å²) in [6.45, 7) is 7.42. The zero-order valence-electron chi connectivity index (χ0n) is 17.4. The van der Waals surface area contributed by atoms with E-state index in [0.29, 0.717) is 29.1 Å². The van der Waals surface area contributed by atoms with Crippen LogP contribution in [0.2, 0.25) is 0 Å². The van der Waals surface area contributed by atoms with E-state index in [4.69, 9.17) is 9.47 Å². The normalized spacial score (nSPS) is 10.8. The van der Waals surface area contributed by atoms with Gasteiger partial charge in [-0.2, -0.15) is 0 Å². The zero-order chi connectivity index (χ0) is 21.4. The van der Waals surface area contributed by atoms with E-state index < -0.39 is 11.9 Å². The van der Waals surface area contributed by atoms with Crippen LogP contribution in [0.4, 0.5) is 0 Å². The molecule has 0 fully saturated rings. The number of aromatic nitrogens is 1. The van der Waals surface area contributed by atoms with Gasteiger partial charge in [-0.15, -0.1) is 0 Å². The van der Waals surface area contributed by atoms with E-state index in [1.54, 1.807) is 6.92 Å². The molecule has 7 nitrogen and oxygen atoms in total. The van der Waals surface area contributed by atoms with Gasteiger partial charge in [0.05, 0.1) is 23.4 Å². The average Bonchev–Trinajstić information content (AvgIpc) is 2.69. The molecule has 0 spiro atoms. The molecule has 1 amide bonds. The number of aryl methyl sites for hydroxylation is 1. The number of esters is 2. The van der Waals surface area contributed by atoms with Crippen LogP contribution in [0.15, 0.2) is 24.3 Å². The van der Waals surface area contributed by atoms with Crippen LogP contribution in [0, 0.1) is 12.8 Å². The second-order valence-corrected chi connectivity index (χ2v) is 7.17. The fourth-order valence-corrected chi connectivity index (χ4v) is 2.90. The molecule has 1 aromatic heterocycles. The lowest BCUT2D eigenvalue weighted by Crippen LogP contribution is -2.30. The summed E-state index contributed by atoms with van der Waals surface area (Å²) >= 11 is 0. The molecule has 0 radical (unpaired) electrons. The number of fused-ring (bicyclic) bond motifs is 1. The highest BCUT2D eigenvalue weighted by molar-refractivity contribution is 5.98. The third kappa shape index (κ3) is 6.27. The van der Waals surface area contributed by atoms with Crippen molar-refractivity contribution in [3.63, 3.8) is 0 Å². The summed E-state index contributed by atoms with van der Waals surface area (Å²) in [6, 6.07) is 7.43. The molecule has 29 heavy (non-hydrogen) atoms. The van der Waals surface area contributed by atoms with Crippen molar-refractivity contribution < 1.29 is 23.9 Å². The maximum atomic E-state index is 12.5. The third-order valence-corrected chi connectivity index (χ3v) is 4.46. The Labute approximate surface area is 170 Å². The van der Waals surface area contributed by atoms with Gasteiger partial charge in [-0.25, -0.2) is 9.78 Å². The van der Waals surface area contributed by atoms with E-state index >= 15 is 0 Å². The minimum Gasteiger partial charge on any atom is -0.462 e. The molecular formula is C22H28N2O5. The predicted octanol–water partition coefficient (Wildman–Crippen LogP) is 3.32. The van der Waals surface area contributed by atoms with Crippen LogP contribution in [0.3, 0.4) is 0 Å². The van der Waals surface area contributed by atoms with Gasteiger partial charge in [-0.1, -0.05) is 32.0 Å². The lowest BCUT2D eigenvalue weighted by molar-refractivity contribution is -0.145. The summed E-state index contributed by atoms with van der Waals surface area (Å²) < 4.78 is 10.4. The number of para-hydroxylation sites is 1. The number of pyridine rings is 1. The van der Waals surface area contributed by atoms with Crippen molar-refractivity contribution in [1.29, 1.82) is 0 Å². The largest absolute Gasteiger partial charge is 0.462 e. The molecule has 0 aliphatic heterocycles. The number of hydrogen-bond donors (Lipinski definition) is 1. The van der Waals surface area contributed by atoms with Crippen LogP contribution in [-0.2, 0) is 25.7 Å². The van der Waals surface area contributed by atoms with Crippen molar-refractivity contribution in [2.45, 2.75) is 47.1 Å². The molecule has 156 valence electrons. The molecule has 0 saturated carbocycles. The van der Waals surface area contributed by atoms with Gasteiger partial charge in [0.15, 0.2) is 0 Å². The van der Waals surface area contributed by atoms with E-state index in [9.17, 15) is 14.4 Å². The molecule has 1 N–H and O–H groups in total. The monoisotopic (exact) mass is 400 g/mol. The van der Waals surface area contributed by atoms with Crippen molar-refractivity contribution >= 4 is 28.7 Å². The predicted molar refractivity (Wildman–Crippen MR) is 109 cm³/mol. The van der Waals surface area contributed by atoms with Crippen molar-refractivity contribution in [2.24, 2.45) is 5.92 Å². The Hall–Kier alpha value is -2.96. The number of nitrogens with zero attached hydrogens (tertiary/aromatic N) is 1. The van der Waals surface area contributed by atoms with Crippen LogP contribution in [0.5, 0.6) is 0 Å². The number of carbonyl (C=O) groups excluding carboxylic acids is 3. The van der Waals surface area contributed by atoms with E-state index in [2.05, 4.69) is 10.3 Å². The molecule has 0 bridgehead atoms. The van der Waals surface area contributed by atoms with Gasteiger partial charge in [-0.3, -0.25) is 9.59 Å². The fourth-order valence-electron chi connectivity index (χ4n) is 2.90. The summed E-state index contributed by atoms with van der Waals surface area (Å²) in [5, 5.41) is 3.38. The van der Waals surface area contributed by atoms with E-state index in [1.165, 1.54) is 0 Å². The Morgan fingerprint density at radius 2 is 1.86 bits per heavy atom. The second kappa shape index (κ2) is 10.5. The molecular weight excluding hydrogens is 372 g/mol. The van der Waals surface area contributed by atoms with Gasteiger partial charge in [0.1, 0.15) is 13.2 Å². The molecule has 7 heteroatoms. The number of nitrogens with one attached hydrogen (secondary N) is 1. The lowest BCUT2D eigenvalue weighted by atomic mass is 10.0. The van der Waals surface area contributed by atoms with Gasteiger partial charge >= 0.3 is 11.9 Å². The molecule has 2 rings (SSSR count). The van der Waals surface area contributed by atoms with E-state index in [-0.39, 0.29) is 25.7 Å². The van der Waals surface area contributed by atoms with Crippen molar-refractivity contribution in [2.75, 3.05) is 13.2 Å². The highest BCUT2D eigenvalue weighted by Crippen LogP contribution is 2.24. The van der Waals surface area contributed by atoms with Crippen LogP contribution in [0.1, 0.15) is 55.2 Å². The molecule has 0 saturated heterocycles. The zero-order valence-corrected chi connectivity index (χ0v) is 17.4. The van der Waals surface area contributed by atoms with Gasteiger partial charge in [0, 0.05) is 11.8 Å². The third-order valence-electron chi connectivity index (χ3n) is 4.46. The Morgan fingerprint density at radius 3 is 2.55 bits per heavy atom. The number of carbonyl (C=O) groups is 3. The van der Waals surface area contributed by atoms with Crippen molar-refractivity contribution in [1.82, 2.24) is 10.3 Å². The van der Waals surface area contributed by atoms with Gasteiger partial charge in [0.2, 0.25) is 5.91 Å². The maximum absolute atomic E-state index is 12.5. The molecule has 1 aromatic carbocycles. The van der Waals surface area contributed by atoms with Crippen LogP contribution in [0.25, 0.3) is 10.9 Å². The minimum atomic E-state index is -0.592. The summed E-state index contributed by atoms with van der Waals surface area (Å²) in [6.07, 6.45) is 1.12. The summed E-state index contributed by atoms with van der Waals surface area (Å²) in [7, 11) is 0. The Kier molecular flexibility index (Phi) is 8.12. The molecule has 2 aromatic rings. The lowest BCUT2D eigenvalue weighted by Gasteiger charge is -2.14. The molecule has 0 atom stereocenters. The second-order valence-electron chi connectivity index (χ2n) is 7.17. The fraction of sp³-hybridized carbons (Fsp3) is 0.455. The number of benzene rings is 1. The smallest absolute Gasteiger partial charge is 0.340 e. The first kappa shape index (κ1) is 22.3. The van der Waals surface area contributed by atoms with Crippen LogP contribution in [-0.4, -0.2) is 36.0 Å². The maximum Gasteiger partial charge on any atom is 0.340 e. The first-order valence-electron chi connectivity index (χ1n) is 9.81. The summed E-state index contributed by atoms with van der Waals surface area (Å²) in [5.74, 6) is -0.875. The number of hydrogen-bond acceptors (Lipinski definition) is 6. The Bertz CT molecular complexity index is 892. The number of rotatable bonds is 9. The van der Waals surface area contributed by atoms with Crippen LogP contribution >= 0.6 is 0 Å². The minimum absolute atomic E-state index is 0.180. The summed E-state index contributed by atoms with van der Waals surface area (Å²) in [4.78, 5) is 40.7. The van der Waals surface area contributed by atoms with Crippen molar-refractivity contribution in [3.8, 4) is 0 Å². The van der Waals surface area contributed by atoms with Gasteiger partial charge in [-0.05, 0) is 37.8 Å². The standard InChI is InChI=1S/C22H28N2O5/c1-5-28-22(27)21-15(4)16-8-6-7-9-17(16)24-18(21)13-29-20(26)12-23-19(25)11-10-14(2)3/h6-9,14H,5,10-13H2,1-4H3,(H,23,25). The van der Waals surface area contributed by atoms with Crippen LogP contribution < -0.4 is 5.32 Å². The number of amides is 1. The topological polar surface area (TPSA) is 94.6 Å². The summed E-state index contributed by atoms with van der Waals surface area (Å²) in [5.41, 5.74) is 2.06. The van der Waals surface area contributed by atoms with E-state index in [0.717, 1.165) is 17.4 Å². The first-order valence-corrected chi connectivity index (χ1v) is 9.81. The quantitative estimate of drug-likeness (QED) is 0.649. The van der Waals surface area contributed by atoms with Crippen molar-refractivity contribution in [3.05, 3.63) is 41.1 Å². The molecule has 0 aliphatic carbocycles.